The third-order valence-electron chi connectivity index (χ3n) is 3.43. The summed E-state index contributed by atoms with van der Waals surface area (Å²) < 4.78 is 0. The minimum Gasteiger partial charge on any atom is -0.479 e. The van der Waals surface area contributed by atoms with Crippen molar-refractivity contribution in [1.82, 2.24) is 0 Å². The Balaban J connectivity index is 0.000000273. The van der Waals surface area contributed by atoms with Crippen LogP contribution in [0.3, 0.4) is 0 Å². The number of primary amides is 1. The topological polar surface area (TPSA) is 127 Å². The van der Waals surface area contributed by atoms with E-state index in [0.717, 1.165) is 5.75 Å². The first-order valence-corrected chi connectivity index (χ1v) is 9.06. The van der Waals surface area contributed by atoms with Gasteiger partial charge >= 0.3 is 5.97 Å². The lowest BCUT2D eigenvalue weighted by Crippen LogP contribution is -2.51. The molecular formula is C19H24N2O4S. The van der Waals surface area contributed by atoms with E-state index in [-0.39, 0.29) is 0 Å². The molecule has 0 aliphatic carbocycles. The van der Waals surface area contributed by atoms with E-state index in [9.17, 15) is 9.59 Å². The molecule has 0 radical (unpaired) electrons. The van der Waals surface area contributed by atoms with Crippen LogP contribution in [-0.2, 0) is 15.3 Å². The first-order valence-electron chi connectivity index (χ1n) is 7.90. The number of carbonyl (C=O) groups excluding carboxylic acids is 1. The van der Waals surface area contributed by atoms with E-state index >= 15 is 0 Å². The van der Waals surface area contributed by atoms with Crippen LogP contribution < -0.4 is 11.5 Å². The third kappa shape index (κ3) is 7.69. The summed E-state index contributed by atoms with van der Waals surface area (Å²) in [5.41, 5.74) is 11.6. The third-order valence-corrected chi connectivity index (χ3v) is 4.77. The molecule has 0 fully saturated rings. The molecule has 0 spiro atoms. The Kier molecular flexibility index (Phi) is 8.84. The second-order valence-electron chi connectivity index (χ2n) is 5.91. The van der Waals surface area contributed by atoms with Crippen molar-refractivity contribution in [3.8, 4) is 0 Å². The van der Waals surface area contributed by atoms with E-state index in [1.807, 2.05) is 30.3 Å². The van der Waals surface area contributed by atoms with Crippen LogP contribution >= 0.6 is 11.8 Å². The van der Waals surface area contributed by atoms with Crippen molar-refractivity contribution in [3.63, 3.8) is 0 Å². The predicted molar refractivity (Wildman–Crippen MR) is 103 cm³/mol. The number of carboxylic acids is 1. The van der Waals surface area contributed by atoms with Crippen molar-refractivity contribution in [3.05, 3.63) is 71.8 Å². The van der Waals surface area contributed by atoms with Crippen LogP contribution in [0.25, 0.3) is 0 Å². The number of carboxylic acid groups (broad SMARTS) is 1. The van der Waals surface area contributed by atoms with Crippen LogP contribution in [0.1, 0.15) is 24.2 Å². The minimum atomic E-state index is -1.41. The van der Waals surface area contributed by atoms with Crippen molar-refractivity contribution >= 4 is 23.6 Å². The lowest BCUT2D eigenvalue weighted by molar-refractivity contribution is -0.147. The van der Waals surface area contributed by atoms with Crippen molar-refractivity contribution in [2.75, 3.05) is 5.75 Å². The van der Waals surface area contributed by atoms with Gasteiger partial charge in [0.1, 0.15) is 5.54 Å². The zero-order valence-electron chi connectivity index (χ0n) is 14.5. The van der Waals surface area contributed by atoms with E-state index in [1.54, 1.807) is 49.0 Å². The number of aliphatic hydroxyl groups is 1. The first kappa shape index (κ1) is 21.7. The Bertz CT molecular complexity index is 693. The van der Waals surface area contributed by atoms with Crippen LogP contribution in [0.4, 0.5) is 0 Å². The van der Waals surface area contributed by atoms with Gasteiger partial charge in [-0.15, -0.1) is 0 Å². The summed E-state index contributed by atoms with van der Waals surface area (Å²) in [4.78, 5) is 21.2. The number of hydrogen-bond acceptors (Lipinski definition) is 5. The Morgan fingerprint density at radius 2 is 1.58 bits per heavy atom. The number of aliphatic carboxylic acids is 1. The zero-order chi connectivity index (χ0) is 19.6. The molecule has 6 N–H and O–H groups in total. The average Bonchev–Trinajstić information content (AvgIpc) is 2.63. The fourth-order valence-electron chi connectivity index (χ4n) is 1.80. The van der Waals surface area contributed by atoms with E-state index in [1.165, 1.54) is 5.56 Å². The molecule has 140 valence electrons. The molecule has 1 amide bonds. The Hall–Kier alpha value is -2.35. The summed E-state index contributed by atoms with van der Waals surface area (Å²) in [6, 6.07) is 18.3. The standard InChI is InChI=1S/C11H16N2OS.C8H8O3/c1-11(13,10(12)14)8-15-7-9-5-3-2-4-6-9;9-7(8(10)11)6-4-2-1-3-5-6/h2-6H,7-8,13H2,1H3,(H2,12,14);1-5,7,9H,(H,10,11)/t11-;7-/m11/s1. The fraction of sp³-hybridized carbons (Fsp3) is 0.263. The maximum atomic E-state index is 10.9. The molecule has 26 heavy (non-hydrogen) atoms. The minimum absolute atomic E-state index is 0.403. The molecule has 0 saturated carbocycles. The van der Waals surface area contributed by atoms with Crippen LogP contribution in [0.15, 0.2) is 60.7 Å². The lowest BCUT2D eigenvalue weighted by atomic mass is 10.1. The molecule has 0 saturated heterocycles. The highest BCUT2D eigenvalue weighted by Crippen LogP contribution is 2.16. The molecule has 0 unspecified atom stereocenters. The largest absolute Gasteiger partial charge is 0.479 e. The summed E-state index contributed by atoms with van der Waals surface area (Å²) >= 11 is 1.62. The number of aliphatic hydroxyl groups excluding tert-OH is 1. The van der Waals surface area contributed by atoms with Gasteiger partial charge in [-0.2, -0.15) is 11.8 Å². The lowest BCUT2D eigenvalue weighted by Gasteiger charge is -2.19. The van der Waals surface area contributed by atoms with E-state index in [0.29, 0.717) is 11.3 Å². The van der Waals surface area contributed by atoms with Gasteiger partial charge in [-0.1, -0.05) is 60.7 Å². The summed E-state index contributed by atoms with van der Waals surface area (Å²) in [5, 5.41) is 17.4. The molecule has 2 rings (SSSR count). The molecule has 0 bridgehead atoms. The summed E-state index contributed by atoms with van der Waals surface area (Å²) in [7, 11) is 0. The Labute approximate surface area is 157 Å². The smallest absolute Gasteiger partial charge is 0.337 e. The summed E-state index contributed by atoms with van der Waals surface area (Å²) in [6.07, 6.45) is -1.41. The van der Waals surface area contributed by atoms with Gasteiger partial charge in [-0.05, 0) is 18.1 Å². The van der Waals surface area contributed by atoms with E-state index in [2.05, 4.69) is 0 Å². The molecule has 2 aromatic rings. The van der Waals surface area contributed by atoms with Crippen molar-refractivity contribution in [2.45, 2.75) is 24.3 Å². The molecule has 0 heterocycles. The average molecular weight is 376 g/mol. The van der Waals surface area contributed by atoms with Crippen LogP contribution in [0.5, 0.6) is 0 Å². The van der Waals surface area contributed by atoms with Crippen molar-refractivity contribution < 1.29 is 19.8 Å². The molecule has 0 aliphatic rings. The Morgan fingerprint density at radius 1 is 1.08 bits per heavy atom. The van der Waals surface area contributed by atoms with Gasteiger partial charge in [0.2, 0.25) is 5.91 Å². The molecule has 7 heteroatoms. The molecule has 2 atom stereocenters. The number of thioether (sulfide) groups is 1. The number of amides is 1. The highest BCUT2D eigenvalue weighted by molar-refractivity contribution is 7.98. The molecule has 6 nitrogen and oxygen atoms in total. The van der Waals surface area contributed by atoms with Gasteiger partial charge in [0.15, 0.2) is 6.10 Å². The fourth-order valence-corrected chi connectivity index (χ4v) is 2.90. The molecule has 0 aromatic heterocycles. The van der Waals surface area contributed by atoms with E-state index < -0.39 is 23.5 Å². The Morgan fingerprint density at radius 3 is 2.04 bits per heavy atom. The number of hydrogen-bond donors (Lipinski definition) is 4. The van der Waals surface area contributed by atoms with Crippen LogP contribution in [0.2, 0.25) is 0 Å². The second-order valence-corrected chi connectivity index (χ2v) is 6.90. The molecular weight excluding hydrogens is 352 g/mol. The van der Waals surface area contributed by atoms with Crippen molar-refractivity contribution in [1.29, 1.82) is 0 Å². The highest BCUT2D eigenvalue weighted by Gasteiger charge is 2.25. The van der Waals surface area contributed by atoms with Crippen molar-refractivity contribution in [2.24, 2.45) is 11.5 Å². The second kappa shape index (κ2) is 10.6. The van der Waals surface area contributed by atoms with Gasteiger partial charge in [-0.3, -0.25) is 4.79 Å². The van der Waals surface area contributed by atoms with Gasteiger partial charge in [-0.25, -0.2) is 4.79 Å². The van der Waals surface area contributed by atoms with Gasteiger partial charge in [0.25, 0.3) is 0 Å². The monoisotopic (exact) mass is 376 g/mol. The van der Waals surface area contributed by atoms with Gasteiger partial charge < -0.3 is 21.7 Å². The van der Waals surface area contributed by atoms with Gasteiger partial charge in [0, 0.05) is 11.5 Å². The maximum Gasteiger partial charge on any atom is 0.337 e. The normalized spacial score (nSPS) is 13.7. The molecule has 0 aliphatic heterocycles. The predicted octanol–water partition coefficient (Wildman–Crippen LogP) is 1.93. The molecule has 2 aromatic carbocycles. The maximum absolute atomic E-state index is 10.9. The first-order chi connectivity index (χ1) is 12.2. The summed E-state index contributed by atoms with van der Waals surface area (Å²) in [6.45, 7) is 1.66. The van der Waals surface area contributed by atoms with Crippen LogP contribution in [-0.4, -0.2) is 33.4 Å². The number of nitrogens with two attached hydrogens (primary N) is 2. The van der Waals surface area contributed by atoms with Crippen LogP contribution in [0, 0.1) is 0 Å². The van der Waals surface area contributed by atoms with Gasteiger partial charge in [0.05, 0.1) is 0 Å². The summed E-state index contributed by atoms with van der Waals surface area (Å²) in [5.74, 6) is -0.294. The quantitative estimate of drug-likeness (QED) is 0.585. The number of carbonyl (C=O) groups is 2. The number of benzene rings is 2. The highest BCUT2D eigenvalue weighted by atomic mass is 32.2. The zero-order valence-corrected chi connectivity index (χ0v) is 15.4. The SMILES string of the molecule is C[C@@](N)(CSCc1ccccc1)C(N)=O.O=C(O)[C@H](O)c1ccccc1. The van der Waals surface area contributed by atoms with E-state index in [4.69, 9.17) is 21.7 Å². The number of rotatable bonds is 7.